The highest BCUT2D eigenvalue weighted by molar-refractivity contribution is 5.13. The molecule has 1 aliphatic heterocycles. The molecule has 4 nitrogen and oxygen atoms in total. The molecule has 2 rings (SSSR count). The van der Waals surface area contributed by atoms with E-state index in [0.29, 0.717) is 12.0 Å². The van der Waals surface area contributed by atoms with Crippen LogP contribution in [0.15, 0.2) is 12.4 Å². The zero-order valence-electron chi connectivity index (χ0n) is 12.4. The Kier molecular flexibility index (Phi) is 5.40. The van der Waals surface area contributed by atoms with Crippen molar-refractivity contribution < 1.29 is 0 Å². The summed E-state index contributed by atoms with van der Waals surface area (Å²) in [6.45, 7) is 8.51. The van der Waals surface area contributed by atoms with E-state index >= 15 is 0 Å². The monoisotopic (exact) mass is 264 g/mol. The zero-order valence-corrected chi connectivity index (χ0v) is 12.4. The molecule has 0 spiro atoms. The predicted octanol–water partition coefficient (Wildman–Crippen LogP) is 2.41. The van der Waals surface area contributed by atoms with Gasteiger partial charge in [0.05, 0.1) is 6.20 Å². The summed E-state index contributed by atoms with van der Waals surface area (Å²) in [5.41, 5.74) is 7.38. The molecule has 108 valence electrons. The Hall–Kier alpha value is -0.870. The van der Waals surface area contributed by atoms with Crippen LogP contribution in [0.4, 0.5) is 0 Å². The van der Waals surface area contributed by atoms with E-state index < -0.39 is 0 Å². The van der Waals surface area contributed by atoms with Crippen molar-refractivity contribution >= 4 is 0 Å². The summed E-state index contributed by atoms with van der Waals surface area (Å²) >= 11 is 0. The summed E-state index contributed by atoms with van der Waals surface area (Å²) in [6.07, 6.45) is 9.25. The van der Waals surface area contributed by atoms with E-state index in [0.717, 1.165) is 26.1 Å². The van der Waals surface area contributed by atoms with Gasteiger partial charge >= 0.3 is 0 Å². The second-order valence-electron chi connectivity index (χ2n) is 5.60. The van der Waals surface area contributed by atoms with Crippen LogP contribution in [0.3, 0.4) is 0 Å². The molecule has 2 heterocycles. The van der Waals surface area contributed by atoms with E-state index in [1.165, 1.54) is 31.4 Å². The third-order valence-electron chi connectivity index (χ3n) is 4.27. The van der Waals surface area contributed by atoms with Crippen LogP contribution in [0.25, 0.3) is 0 Å². The molecule has 2 unspecified atom stereocenters. The summed E-state index contributed by atoms with van der Waals surface area (Å²) in [4.78, 5) is 2.58. The molecule has 4 heteroatoms. The van der Waals surface area contributed by atoms with Gasteiger partial charge in [0.25, 0.3) is 0 Å². The number of rotatable bonds is 5. The van der Waals surface area contributed by atoms with Crippen molar-refractivity contribution in [2.24, 2.45) is 11.7 Å². The normalized spacial score (nSPS) is 25.4. The van der Waals surface area contributed by atoms with E-state index in [1.54, 1.807) is 0 Å². The maximum atomic E-state index is 6.03. The van der Waals surface area contributed by atoms with Gasteiger partial charge < -0.3 is 5.73 Å². The molecule has 1 aliphatic rings. The Bertz CT molecular complexity index is 360. The molecule has 1 aromatic rings. The highest BCUT2D eigenvalue weighted by atomic mass is 15.3. The number of nitrogens with two attached hydrogens (primary N) is 1. The smallest absolute Gasteiger partial charge is 0.0537 e. The van der Waals surface area contributed by atoms with Gasteiger partial charge in [0.2, 0.25) is 0 Å². The van der Waals surface area contributed by atoms with Crippen molar-refractivity contribution in [2.75, 3.05) is 19.6 Å². The van der Waals surface area contributed by atoms with Crippen LogP contribution in [0, 0.1) is 5.92 Å². The minimum atomic E-state index is 0.461. The second kappa shape index (κ2) is 7.06. The first kappa shape index (κ1) is 14.5. The maximum absolute atomic E-state index is 6.03. The number of likely N-dealkylation sites (tertiary alicyclic amines) is 1. The fraction of sp³-hybridized carbons (Fsp3) is 0.800. The summed E-state index contributed by atoms with van der Waals surface area (Å²) < 4.78 is 2.07. The largest absolute Gasteiger partial charge is 0.330 e. The van der Waals surface area contributed by atoms with Crippen LogP contribution in [-0.4, -0.2) is 34.3 Å². The van der Waals surface area contributed by atoms with Gasteiger partial charge in [-0.05, 0) is 44.8 Å². The third-order valence-corrected chi connectivity index (χ3v) is 4.27. The van der Waals surface area contributed by atoms with E-state index in [2.05, 4.69) is 40.9 Å². The van der Waals surface area contributed by atoms with Crippen LogP contribution >= 0.6 is 0 Å². The lowest BCUT2D eigenvalue weighted by Crippen LogP contribution is -2.35. The Morgan fingerprint density at radius 3 is 2.89 bits per heavy atom. The van der Waals surface area contributed by atoms with Gasteiger partial charge in [0.1, 0.15) is 0 Å². The first-order chi connectivity index (χ1) is 9.30. The fourth-order valence-electron chi connectivity index (χ4n) is 3.28. The Morgan fingerprint density at radius 2 is 2.21 bits per heavy atom. The maximum Gasteiger partial charge on any atom is 0.0537 e. The highest BCUT2D eigenvalue weighted by Gasteiger charge is 2.30. The molecule has 2 atom stereocenters. The van der Waals surface area contributed by atoms with Crippen molar-refractivity contribution in [1.29, 1.82) is 0 Å². The van der Waals surface area contributed by atoms with Crippen molar-refractivity contribution in [2.45, 2.75) is 52.1 Å². The van der Waals surface area contributed by atoms with Gasteiger partial charge in [-0.1, -0.05) is 20.3 Å². The standard InChI is InChI=1S/C15H28N4/c1-3-8-19-12-14(11-17-19)15-13(10-16)7-5-6-9-18(15)4-2/h11-13,15H,3-10,16H2,1-2H3. The summed E-state index contributed by atoms with van der Waals surface area (Å²) in [6, 6.07) is 0.461. The van der Waals surface area contributed by atoms with Crippen LogP contribution < -0.4 is 5.73 Å². The summed E-state index contributed by atoms with van der Waals surface area (Å²) in [7, 11) is 0. The van der Waals surface area contributed by atoms with E-state index in [9.17, 15) is 0 Å². The number of hydrogen-bond donors (Lipinski definition) is 1. The lowest BCUT2D eigenvalue weighted by atomic mass is 9.91. The highest BCUT2D eigenvalue weighted by Crippen LogP contribution is 2.34. The first-order valence-corrected chi connectivity index (χ1v) is 7.76. The van der Waals surface area contributed by atoms with Crippen LogP contribution in [0.5, 0.6) is 0 Å². The van der Waals surface area contributed by atoms with Gasteiger partial charge in [-0.2, -0.15) is 5.10 Å². The Balaban J connectivity index is 2.22. The van der Waals surface area contributed by atoms with Crippen molar-refractivity contribution in [3.05, 3.63) is 18.0 Å². The number of nitrogens with zero attached hydrogens (tertiary/aromatic N) is 3. The molecule has 2 N–H and O–H groups in total. The van der Waals surface area contributed by atoms with Crippen molar-refractivity contribution in [3.63, 3.8) is 0 Å². The van der Waals surface area contributed by atoms with Crippen LogP contribution in [0.2, 0.25) is 0 Å². The van der Waals surface area contributed by atoms with Crippen molar-refractivity contribution in [3.8, 4) is 0 Å². The Labute approximate surface area is 117 Å². The lowest BCUT2D eigenvalue weighted by Gasteiger charge is -2.33. The van der Waals surface area contributed by atoms with E-state index in [1.807, 2.05) is 0 Å². The number of aryl methyl sites for hydroxylation is 1. The number of hydrogen-bond acceptors (Lipinski definition) is 3. The quantitative estimate of drug-likeness (QED) is 0.888. The molecule has 0 radical (unpaired) electrons. The minimum absolute atomic E-state index is 0.461. The van der Waals surface area contributed by atoms with Gasteiger partial charge in [-0.3, -0.25) is 9.58 Å². The van der Waals surface area contributed by atoms with E-state index in [-0.39, 0.29) is 0 Å². The average molecular weight is 264 g/mol. The molecular formula is C15H28N4. The molecule has 19 heavy (non-hydrogen) atoms. The second-order valence-corrected chi connectivity index (χ2v) is 5.60. The van der Waals surface area contributed by atoms with Crippen LogP contribution in [-0.2, 0) is 6.54 Å². The molecule has 0 aromatic carbocycles. The molecule has 1 saturated heterocycles. The van der Waals surface area contributed by atoms with Crippen LogP contribution in [0.1, 0.15) is 51.1 Å². The first-order valence-electron chi connectivity index (χ1n) is 7.76. The van der Waals surface area contributed by atoms with E-state index in [4.69, 9.17) is 5.73 Å². The summed E-state index contributed by atoms with van der Waals surface area (Å²) in [5.74, 6) is 0.571. The van der Waals surface area contributed by atoms with Gasteiger partial charge in [0, 0.05) is 24.3 Å². The lowest BCUT2D eigenvalue weighted by molar-refractivity contribution is 0.166. The predicted molar refractivity (Wildman–Crippen MR) is 78.9 cm³/mol. The van der Waals surface area contributed by atoms with Gasteiger partial charge in [-0.25, -0.2) is 0 Å². The fourth-order valence-corrected chi connectivity index (χ4v) is 3.28. The molecule has 1 fully saturated rings. The topological polar surface area (TPSA) is 47.1 Å². The number of aromatic nitrogens is 2. The van der Waals surface area contributed by atoms with Gasteiger partial charge in [0.15, 0.2) is 0 Å². The molecule has 0 amide bonds. The molecule has 1 aromatic heterocycles. The average Bonchev–Trinajstić information content (AvgIpc) is 2.77. The molecule has 0 saturated carbocycles. The zero-order chi connectivity index (χ0) is 13.7. The minimum Gasteiger partial charge on any atom is -0.330 e. The molecule has 0 aliphatic carbocycles. The van der Waals surface area contributed by atoms with Gasteiger partial charge in [-0.15, -0.1) is 0 Å². The Morgan fingerprint density at radius 1 is 1.37 bits per heavy atom. The van der Waals surface area contributed by atoms with Crippen molar-refractivity contribution in [1.82, 2.24) is 14.7 Å². The third kappa shape index (κ3) is 3.37. The molecule has 0 bridgehead atoms. The molecular weight excluding hydrogens is 236 g/mol. The summed E-state index contributed by atoms with van der Waals surface area (Å²) in [5, 5.41) is 4.50. The SMILES string of the molecule is CCCn1cc(C2C(CN)CCCCN2CC)cn1.